The Morgan fingerprint density at radius 3 is 2.65 bits per heavy atom. The Morgan fingerprint density at radius 1 is 1.39 bits per heavy atom. The third kappa shape index (κ3) is 5.72. The molecule has 2 N–H and O–H groups in total. The van der Waals surface area contributed by atoms with Crippen LogP contribution in [0.5, 0.6) is 0 Å². The zero-order valence-electron chi connectivity index (χ0n) is 12.8. The molecule has 1 heterocycles. The highest BCUT2D eigenvalue weighted by Gasteiger charge is 2.21. The van der Waals surface area contributed by atoms with E-state index in [4.69, 9.17) is 0 Å². The van der Waals surface area contributed by atoms with E-state index in [1.165, 1.54) is 12.1 Å². The monoisotopic (exact) mass is 365 g/mol. The third-order valence-electron chi connectivity index (χ3n) is 3.48. The number of amides is 1. The van der Waals surface area contributed by atoms with Crippen molar-refractivity contribution in [2.75, 3.05) is 26.2 Å². The minimum absolute atomic E-state index is 0. The van der Waals surface area contributed by atoms with E-state index in [2.05, 4.69) is 10.0 Å². The van der Waals surface area contributed by atoms with Gasteiger partial charge in [0.1, 0.15) is 5.82 Å². The normalized spacial score (nSPS) is 18.3. The first kappa shape index (κ1) is 19.8. The molecule has 0 spiro atoms. The lowest BCUT2D eigenvalue weighted by Crippen LogP contribution is -2.51. The second kappa shape index (κ2) is 8.58. The van der Waals surface area contributed by atoms with Crippen molar-refractivity contribution in [1.82, 2.24) is 14.9 Å². The summed E-state index contributed by atoms with van der Waals surface area (Å²) in [5, 5.41) is 3.24. The number of benzene rings is 1. The minimum Gasteiger partial charge on any atom is -0.340 e. The summed E-state index contributed by atoms with van der Waals surface area (Å²) >= 11 is 0. The van der Waals surface area contributed by atoms with E-state index in [1.807, 2.05) is 6.92 Å². The molecule has 1 aliphatic rings. The summed E-state index contributed by atoms with van der Waals surface area (Å²) in [4.78, 5) is 13.7. The fourth-order valence-corrected chi connectivity index (χ4v) is 3.34. The Bertz CT molecular complexity index is 625. The predicted octanol–water partition coefficient (Wildman–Crippen LogP) is 0.736. The zero-order valence-corrected chi connectivity index (χ0v) is 14.4. The predicted molar refractivity (Wildman–Crippen MR) is 87.5 cm³/mol. The Balaban J connectivity index is 0.00000264. The van der Waals surface area contributed by atoms with Gasteiger partial charge < -0.3 is 10.2 Å². The van der Waals surface area contributed by atoms with Crippen molar-refractivity contribution >= 4 is 28.3 Å². The highest BCUT2D eigenvalue weighted by molar-refractivity contribution is 7.89. The van der Waals surface area contributed by atoms with E-state index < -0.39 is 15.8 Å². The summed E-state index contributed by atoms with van der Waals surface area (Å²) in [6, 6.07) is 4.80. The van der Waals surface area contributed by atoms with Crippen LogP contribution in [-0.2, 0) is 14.8 Å². The molecule has 1 aliphatic heterocycles. The van der Waals surface area contributed by atoms with Gasteiger partial charge in [-0.25, -0.2) is 17.5 Å². The van der Waals surface area contributed by atoms with Crippen molar-refractivity contribution in [3.05, 3.63) is 30.1 Å². The van der Waals surface area contributed by atoms with Gasteiger partial charge in [0.2, 0.25) is 15.9 Å². The lowest BCUT2D eigenvalue weighted by atomic mass is 10.2. The van der Waals surface area contributed by atoms with Gasteiger partial charge in [0.15, 0.2) is 0 Å². The average molecular weight is 366 g/mol. The van der Waals surface area contributed by atoms with Crippen LogP contribution < -0.4 is 10.0 Å². The van der Waals surface area contributed by atoms with Crippen LogP contribution in [0.2, 0.25) is 0 Å². The maximum atomic E-state index is 12.8. The highest BCUT2D eigenvalue weighted by atomic mass is 35.5. The summed E-state index contributed by atoms with van der Waals surface area (Å²) in [6.07, 6.45) is 0.104. The van der Waals surface area contributed by atoms with Crippen LogP contribution in [0.15, 0.2) is 29.2 Å². The van der Waals surface area contributed by atoms with Crippen LogP contribution in [0.25, 0.3) is 0 Å². The molecule has 130 valence electrons. The van der Waals surface area contributed by atoms with Crippen molar-refractivity contribution < 1.29 is 17.6 Å². The van der Waals surface area contributed by atoms with Crippen molar-refractivity contribution in [1.29, 1.82) is 0 Å². The van der Waals surface area contributed by atoms with Gasteiger partial charge in [-0.15, -0.1) is 12.4 Å². The van der Waals surface area contributed by atoms with Crippen LogP contribution in [0.3, 0.4) is 0 Å². The fourth-order valence-electron chi connectivity index (χ4n) is 2.31. The molecule has 1 saturated heterocycles. The number of halogens is 2. The molecule has 0 aromatic heterocycles. The highest BCUT2D eigenvalue weighted by Crippen LogP contribution is 2.09. The van der Waals surface area contributed by atoms with Gasteiger partial charge in [-0.3, -0.25) is 4.79 Å². The molecule has 1 aromatic carbocycles. The van der Waals surface area contributed by atoms with E-state index in [9.17, 15) is 17.6 Å². The third-order valence-corrected chi connectivity index (χ3v) is 4.95. The smallest absolute Gasteiger partial charge is 0.240 e. The molecule has 23 heavy (non-hydrogen) atoms. The van der Waals surface area contributed by atoms with E-state index in [0.717, 1.165) is 18.7 Å². The summed E-state index contributed by atoms with van der Waals surface area (Å²) in [5.74, 6) is -0.572. The largest absolute Gasteiger partial charge is 0.340 e. The van der Waals surface area contributed by atoms with Gasteiger partial charge in [-0.05, 0) is 31.2 Å². The number of hydrogen-bond donors (Lipinski definition) is 2. The summed E-state index contributed by atoms with van der Waals surface area (Å²) in [7, 11) is -3.71. The molecule has 1 amide bonds. The molecular formula is C14H21ClFN3O3S. The molecule has 1 atom stereocenters. The van der Waals surface area contributed by atoms with Crippen molar-refractivity contribution in [3.8, 4) is 0 Å². The maximum absolute atomic E-state index is 12.8. The number of rotatable bonds is 5. The second-order valence-corrected chi connectivity index (χ2v) is 7.06. The molecule has 0 bridgehead atoms. The first-order valence-corrected chi connectivity index (χ1v) is 8.63. The van der Waals surface area contributed by atoms with E-state index >= 15 is 0 Å². The van der Waals surface area contributed by atoms with Crippen molar-refractivity contribution in [2.24, 2.45) is 0 Å². The average Bonchev–Trinajstić information content (AvgIpc) is 2.47. The van der Waals surface area contributed by atoms with Crippen LogP contribution in [0, 0.1) is 5.82 Å². The van der Waals surface area contributed by atoms with Crippen LogP contribution in [0.4, 0.5) is 4.39 Å². The van der Waals surface area contributed by atoms with Gasteiger partial charge in [-0.1, -0.05) is 0 Å². The fraction of sp³-hybridized carbons (Fsp3) is 0.500. The Labute approximate surface area is 141 Å². The first-order chi connectivity index (χ1) is 10.4. The quantitative estimate of drug-likeness (QED) is 0.806. The standard InChI is InChI=1S/C14H20FN3O3S.ClH/c1-11-10-18(9-8-16-11)14(19)6-7-17-22(20,21)13-4-2-12(15)3-5-13;/h2-5,11,16-17H,6-10H2,1H3;1H. The topological polar surface area (TPSA) is 78.5 Å². The van der Waals surface area contributed by atoms with E-state index in [-0.39, 0.29) is 42.2 Å². The van der Waals surface area contributed by atoms with Gasteiger partial charge in [0.25, 0.3) is 0 Å². The molecule has 1 fully saturated rings. The van der Waals surface area contributed by atoms with Crippen LogP contribution >= 0.6 is 12.4 Å². The van der Waals surface area contributed by atoms with Gasteiger partial charge >= 0.3 is 0 Å². The number of nitrogens with zero attached hydrogens (tertiary/aromatic N) is 1. The van der Waals surface area contributed by atoms with E-state index in [0.29, 0.717) is 13.1 Å². The molecule has 1 aromatic rings. The second-order valence-electron chi connectivity index (χ2n) is 5.30. The molecule has 6 nitrogen and oxygen atoms in total. The number of piperazine rings is 1. The zero-order chi connectivity index (χ0) is 16.2. The lowest BCUT2D eigenvalue weighted by Gasteiger charge is -2.32. The first-order valence-electron chi connectivity index (χ1n) is 7.15. The number of carbonyl (C=O) groups is 1. The van der Waals surface area contributed by atoms with Crippen LogP contribution in [-0.4, -0.2) is 51.4 Å². The molecule has 9 heteroatoms. The lowest BCUT2D eigenvalue weighted by molar-refractivity contribution is -0.132. The Morgan fingerprint density at radius 2 is 2.04 bits per heavy atom. The SMILES string of the molecule is CC1CN(C(=O)CCNS(=O)(=O)c2ccc(F)cc2)CCN1.Cl. The van der Waals surface area contributed by atoms with Crippen LogP contribution in [0.1, 0.15) is 13.3 Å². The maximum Gasteiger partial charge on any atom is 0.240 e. The molecule has 1 unspecified atom stereocenters. The minimum atomic E-state index is -3.71. The van der Waals surface area contributed by atoms with Crippen molar-refractivity contribution in [2.45, 2.75) is 24.3 Å². The number of nitrogens with one attached hydrogen (secondary N) is 2. The van der Waals surface area contributed by atoms with Crippen molar-refractivity contribution in [3.63, 3.8) is 0 Å². The Kier molecular flexibility index (Phi) is 7.40. The number of hydrogen-bond acceptors (Lipinski definition) is 4. The summed E-state index contributed by atoms with van der Waals surface area (Å²) in [6.45, 7) is 4.03. The summed E-state index contributed by atoms with van der Waals surface area (Å²) in [5.41, 5.74) is 0. The number of sulfonamides is 1. The van der Waals surface area contributed by atoms with Gasteiger partial charge in [-0.2, -0.15) is 0 Å². The Hall–Kier alpha value is -1.22. The molecule has 0 radical (unpaired) electrons. The van der Waals surface area contributed by atoms with Gasteiger partial charge in [0, 0.05) is 38.6 Å². The molecule has 0 aliphatic carbocycles. The molecular weight excluding hydrogens is 345 g/mol. The molecule has 2 rings (SSSR count). The van der Waals surface area contributed by atoms with Gasteiger partial charge in [0.05, 0.1) is 4.90 Å². The summed E-state index contributed by atoms with van der Waals surface area (Å²) < 4.78 is 39.1. The molecule has 0 saturated carbocycles. The van der Waals surface area contributed by atoms with E-state index in [1.54, 1.807) is 4.90 Å². The number of carbonyl (C=O) groups excluding carboxylic acids is 1.